The van der Waals surface area contributed by atoms with E-state index in [-0.39, 0.29) is 5.54 Å². The number of hydrogen-bond donors (Lipinski definition) is 1. The number of unbranched alkanes of at least 4 members (excludes halogenated alkanes) is 1. The summed E-state index contributed by atoms with van der Waals surface area (Å²) in [6, 6.07) is 0. The first-order valence-electron chi connectivity index (χ1n) is 7.96. The molecule has 0 aliphatic heterocycles. The summed E-state index contributed by atoms with van der Waals surface area (Å²) >= 11 is 6.27. The van der Waals surface area contributed by atoms with Gasteiger partial charge in [-0.3, -0.25) is 0 Å². The summed E-state index contributed by atoms with van der Waals surface area (Å²) in [4.78, 5) is 0. The summed E-state index contributed by atoms with van der Waals surface area (Å²) in [6.07, 6.45) is 10.6. The maximum atomic E-state index is 6.27. The Labute approximate surface area is 119 Å². The molecule has 0 aromatic carbocycles. The molecular formula is C16H32ClN. The third-order valence-corrected chi connectivity index (χ3v) is 5.17. The van der Waals surface area contributed by atoms with Gasteiger partial charge in [-0.2, -0.15) is 0 Å². The molecule has 1 saturated carbocycles. The van der Waals surface area contributed by atoms with Crippen molar-refractivity contribution in [2.24, 2.45) is 11.8 Å². The molecule has 1 aliphatic carbocycles. The van der Waals surface area contributed by atoms with Crippen LogP contribution in [0.15, 0.2) is 0 Å². The fraction of sp³-hybridized carbons (Fsp3) is 1.00. The Kier molecular flexibility index (Phi) is 7.63. The molecule has 1 nitrogen and oxygen atoms in total. The second-order valence-corrected chi connectivity index (χ2v) is 6.68. The Balaban J connectivity index is 2.41. The van der Waals surface area contributed by atoms with Crippen LogP contribution in [0.3, 0.4) is 0 Å². The quantitative estimate of drug-likeness (QED) is 0.615. The minimum absolute atomic E-state index is 0.235. The van der Waals surface area contributed by atoms with Gasteiger partial charge in [0, 0.05) is 11.4 Å². The zero-order valence-electron chi connectivity index (χ0n) is 12.6. The summed E-state index contributed by atoms with van der Waals surface area (Å²) in [5, 5.41) is 3.84. The highest BCUT2D eigenvalue weighted by atomic mass is 35.5. The predicted octanol–water partition coefficient (Wildman–Crippen LogP) is 4.98. The average Bonchev–Trinajstić information content (AvgIpc) is 2.39. The van der Waals surface area contributed by atoms with Crippen molar-refractivity contribution in [3.63, 3.8) is 0 Å². The molecule has 18 heavy (non-hydrogen) atoms. The molecule has 1 aliphatic rings. The topological polar surface area (TPSA) is 12.0 Å². The summed E-state index contributed by atoms with van der Waals surface area (Å²) < 4.78 is 0. The first kappa shape index (κ1) is 16.3. The molecule has 3 unspecified atom stereocenters. The van der Waals surface area contributed by atoms with E-state index in [1.165, 1.54) is 51.4 Å². The predicted molar refractivity (Wildman–Crippen MR) is 82.4 cm³/mol. The molecule has 0 radical (unpaired) electrons. The molecule has 0 saturated heterocycles. The van der Waals surface area contributed by atoms with Crippen LogP contribution in [0.4, 0.5) is 0 Å². The van der Waals surface area contributed by atoms with Gasteiger partial charge in [0.15, 0.2) is 0 Å². The highest BCUT2D eigenvalue weighted by molar-refractivity contribution is 6.18. The summed E-state index contributed by atoms with van der Waals surface area (Å²) in [6.45, 7) is 8.13. The van der Waals surface area contributed by atoms with E-state index in [9.17, 15) is 0 Å². The van der Waals surface area contributed by atoms with Gasteiger partial charge in [0.25, 0.3) is 0 Å². The van der Waals surface area contributed by atoms with Crippen molar-refractivity contribution in [1.29, 1.82) is 0 Å². The lowest BCUT2D eigenvalue weighted by Crippen LogP contribution is -2.51. The van der Waals surface area contributed by atoms with Crippen molar-refractivity contribution in [1.82, 2.24) is 5.32 Å². The fourth-order valence-electron chi connectivity index (χ4n) is 3.29. The van der Waals surface area contributed by atoms with Gasteiger partial charge < -0.3 is 5.32 Å². The Morgan fingerprint density at radius 1 is 1.39 bits per heavy atom. The molecule has 1 fully saturated rings. The largest absolute Gasteiger partial charge is 0.310 e. The van der Waals surface area contributed by atoms with Crippen LogP contribution < -0.4 is 5.32 Å². The van der Waals surface area contributed by atoms with E-state index in [4.69, 9.17) is 11.6 Å². The maximum absolute atomic E-state index is 6.27. The van der Waals surface area contributed by atoms with Crippen LogP contribution in [0.25, 0.3) is 0 Å². The molecule has 1 N–H and O–H groups in total. The molecule has 0 bridgehead atoms. The van der Waals surface area contributed by atoms with Crippen LogP contribution in [-0.2, 0) is 0 Å². The first-order chi connectivity index (χ1) is 8.65. The molecule has 2 heteroatoms. The highest BCUT2D eigenvalue weighted by Crippen LogP contribution is 2.33. The number of hydrogen-bond acceptors (Lipinski definition) is 1. The number of rotatable bonds is 8. The maximum Gasteiger partial charge on any atom is 0.0406 e. The Hall–Kier alpha value is 0.250. The smallest absolute Gasteiger partial charge is 0.0406 e. The van der Waals surface area contributed by atoms with Gasteiger partial charge in [-0.1, -0.05) is 52.9 Å². The van der Waals surface area contributed by atoms with E-state index >= 15 is 0 Å². The minimum atomic E-state index is 0.235. The van der Waals surface area contributed by atoms with Gasteiger partial charge in [0.2, 0.25) is 0 Å². The summed E-state index contributed by atoms with van der Waals surface area (Å²) in [5.41, 5.74) is 0.235. The minimum Gasteiger partial charge on any atom is -0.310 e. The van der Waals surface area contributed by atoms with Crippen molar-refractivity contribution in [3.8, 4) is 0 Å². The normalized spacial score (nSPS) is 30.3. The Bertz CT molecular complexity index is 219. The van der Waals surface area contributed by atoms with Crippen LogP contribution in [0.2, 0.25) is 0 Å². The van der Waals surface area contributed by atoms with E-state index in [1.54, 1.807) is 0 Å². The molecule has 0 aromatic heterocycles. The second kappa shape index (κ2) is 8.43. The molecule has 0 spiro atoms. The van der Waals surface area contributed by atoms with Crippen LogP contribution in [-0.4, -0.2) is 18.0 Å². The SMILES string of the molecule is CCCCC(CC)CNC1(CCl)CCCC(C)C1. The van der Waals surface area contributed by atoms with Crippen molar-refractivity contribution in [3.05, 3.63) is 0 Å². The Morgan fingerprint density at radius 2 is 2.17 bits per heavy atom. The van der Waals surface area contributed by atoms with Crippen LogP contribution in [0, 0.1) is 11.8 Å². The van der Waals surface area contributed by atoms with Gasteiger partial charge in [-0.25, -0.2) is 0 Å². The van der Waals surface area contributed by atoms with Crippen LogP contribution in [0.1, 0.15) is 72.1 Å². The zero-order chi connectivity index (χ0) is 13.4. The van der Waals surface area contributed by atoms with Crippen molar-refractivity contribution in [2.45, 2.75) is 77.7 Å². The lowest BCUT2D eigenvalue weighted by Gasteiger charge is -2.40. The van der Waals surface area contributed by atoms with E-state index in [2.05, 4.69) is 26.1 Å². The van der Waals surface area contributed by atoms with Crippen molar-refractivity contribution >= 4 is 11.6 Å². The van der Waals surface area contributed by atoms with E-state index < -0.39 is 0 Å². The third kappa shape index (κ3) is 5.09. The van der Waals surface area contributed by atoms with E-state index in [1.807, 2.05) is 0 Å². The van der Waals surface area contributed by atoms with Gasteiger partial charge >= 0.3 is 0 Å². The number of halogens is 1. The van der Waals surface area contributed by atoms with Crippen molar-refractivity contribution in [2.75, 3.05) is 12.4 Å². The second-order valence-electron chi connectivity index (χ2n) is 6.41. The highest BCUT2D eigenvalue weighted by Gasteiger charge is 2.33. The monoisotopic (exact) mass is 273 g/mol. The Morgan fingerprint density at radius 3 is 2.72 bits per heavy atom. The lowest BCUT2D eigenvalue weighted by atomic mass is 9.77. The molecule has 0 heterocycles. The van der Waals surface area contributed by atoms with Crippen LogP contribution in [0.5, 0.6) is 0 Å². The zero-order valence-corrected chi connectivity index (χ0v) is 13.4. The molecule has 3 atom stereocenters. The van der Waals surface area contributed by atoms with Crippen LogP contribution >= 0.6 is 11.6 Å². The average molecular weight is 274 g/mol. The molecular weight excluding hydrogens is 242 g/mol. The van der Waals surface area contributed by atoms with Gasteiger partial charge in [-0.05, 0) is 37.6 Å². The van der Waals surface area contributed by atoms with Gasteiger partial charge in [-0.15, -0.1) is 11.6 Å². The first-order valence-corrected chi connectivity index (χ1v) is 8.50. The fourth-order valence-corrected chi connectivity index (χ4v) is 3.63. The molecule has 0 amide bonds. The lowest BCUT2D eigenvalue weighted by molar-refractivity contribution is 0.197. The number of nitrogens with one attached hydrogen (secondary N) is 1. The number of alkyl halides is 1. The summed E-state index contributed by atoms with van der Waals surface area (Å²) in [7, 11) is 0. The van der Waals surface area contributed by atoms with Gasteiger partial charge in [0.05, 0.1) is 0 Å². The van der Waals surface area contributed by atoms with E-state index in [0.717, 1.165) is 24.3 Å². The van der Waals surface area contributed by atoms with Crippen molar-refractivity contribution < 1.29 is 0 Å². The summed E-state index contributed by atoms with van der Waals surface area (Å²) in [5.74, 6) is 2.45. The molecule has 1 rings (SSSR count). The third-order valence-electron chi connectivity index (χ3n) is 4.66. The van der Waals surface area contributed by atoms with Gasteiger partial charge in [0.1, 0.15) is 0 Å². The molecule has 0 aromatic rings. The molecule has 108 valence electrons. The standard InChI is InChI=1S/C16H32ClN/c1-4-6-9-15(5-2)12-18-16(13-17)10-7-8-14(3)11-16/h14-15,18H,4-13H2,1-3H3. The van der Waals surface area contributed by atoms with E-state index in [0.29, 0.717) is 0 Å².